The Morgan fingerprint density at radius 1 is 0.808 bits per heavy atom. The molecular formula is C21H16N2O3. The molecule has 0 saturated carbocycles. The van der Waals surface area contributed by atoms with Crippen LogP contribution < -0.4 is 4.74 Å². The fourth-order valence-corrected chi connectivity index (χ4v) is 2.53. The van der Waals surface area contributed by atoms with Gasteiger partial charge >= 0.3 is 0 Å². The summed E-state index contributed by atoms with van der Waals surface area (Å²) in [5, 5.41) is 13.4. The molecule has 0 aliphatic carbocycles. The number of hydrogen-bond acceptors (Lipinski definition) is 5. The van der Waals surface area contributed by atoms with Gasteiger partial charge in [0, 0.05) is 5.56 Å². The Hall–Kier alpha value is -3.60. The Kier molecular flexibility index (Phi) is 4.35. The number of rotatable bonds is 5. The largest absolute Gasteiger partial charge is 0.508 e. The third kappa shape index (κ3) is 3.72. The molecule has 0 radical (unpaired) electrons. The van der Waals surface area contributed by atoms with Crippen LogP contribution in [-0.4, -0.2) is 15.2 Å². The molecule has 128 valence electrons. The molecule has 1 N–H and O–H groups in total. The highest BCUT2D eigenvalue weighted by Crippen LogP contribution is 2.24. The SMILES string of the molecule is Oc1ccc(Cc2nc(-c3ccc(Oc4ccccc4)cc3)no2)cc1. The molecule has 0 spiro atoms. The molecule has 5 nitrogen and oxygen atoms in total. The van der Waals surface area contributed by atoms with Gasteiger partial charge in [-0.3, -0.25) is 0 Å². The Labute approximate surface area is 150 Å². The van der Waals surface area contributed by atoms with Crippen LogP contribution in [0.25, 0.3) is 11.4 Å². The molecule has 4 rings (SSSR count). The van der Waals surface area contributed by atoms with Crippen molar-refractivity contribution < 1.29 is 14.4 Å². The lowest BCUT2D eigenvalue weighted by atomic mass is 10.1. The van der Waals surface area contributed by atoms with Crippen LogP contribution in [0.4, 0.5) is 0 Å². The van der Waals surface area contributed by atoms with Crippen molar-refractivity contribution in [2.45, 2.75) is 6.42 Å². The summed E-state index contributed by atoms with van der Waals surface area (Å²) < 4.78 is 11.1. The molecule has 5 heteroatoms. The van der Waals surface area contributed by atoms with Crippen molar-refractivity contribution in [3.63, 3.8) is 0 Å². The highest BCUT2D eigenvalue weighted by molar-refractivity contribution is 5.55. The lowest BCUT2D eigenvalue weighted by Crippen LogP contribution is -1.88. The van der Waals surface area contributed by atoms with E-state index in [0.717, 1.165) is 22.6 Å². The summed E-state index contributed by atoms with van der Waals surface area (Å²) in [6, 6.07) is 24.1. The molecular weight excluding hydrogens is 328 g/mol. The van der Waals surface area contributed by atoms with Crippen LogP contribution in [0.5, 0.6) is 17.2 Å². The van der Waals surface area contributed by atoms with Gasteiger partial charge in [-0.1, -0.05) is 35.5 Å². The van der Waals surface area contributed by atoms with Gasteiger partial charge in [-0.15, -0.1) is 0 Å². The van der Waals surface area contributed by atoms with E-state index in [9.17, 15) is 5.11 Å². The van der Waals surface area contributed by atoms with Crippen LogP contribution in [0.3, 0.4) is 0 Å². The van der Waals surface area contributed by atoms with E-state index in [0.29, 0.717) is 18.1 Å². The minimum atomic E-state index is 0.234. The zero-order valence-electron chi connectivity index (χ0n) is 13.9. The van der Waals surface area contributed by atoms with Gasteiger partial charge in [0.15, 0.2) is 0 Å². The number of aromatic nitrogens is 2. The summed E-state index contributed by atoms with van der Waals surface area (Å²) in [4.78, 5) is 4.43. The molecule has 3 aromatic carbocycles. The van der Waals surface area contributed by atoms with E-state index >= 15 is 0 Å². The Balaban J connectivity index is 1.46. The lowest BCUT2D eigenvalue weighted by Gasteiger charge is -2.05. The second-order valence-electron chi connectivity index (χ2n) is 5.79. The summed E-state index contributed by atoms with van der Waals surface area (Å²) in [7, 11) is 0. The number of para-hydroxylation sites is 1. The molecule has 1 aromatic heterocycles. The second kappa shape index (κ2) is 7.11. The zero-order valence-corrected chi connectivity index (χ0v) is 13.9. The van der Waals surface area contributed by atoms with Crippen molar-refractivity contribution in [2.24, 2.45) is 0 Å². The molecule has 0 fully saturated rings. The zero-order chi connectivity index (χ0) is 17.8. The molecule has 0 unspecified atom stereocenters. The van der Waals surface area contributed by atoms with Gasteiger partial charge in [-0.25, -0.2) is 0 Å². The molecule has 0 aliphatic heterocycles. The van der Waals surface area contributed by atoms with Crippen molar-refractivity contribution in [3.8, 4) is 28.6 Å². The van der Waals surface area contributed by atoms with Crippen LogP contribution in [0.2, 0.25) is 0 Å². The minimum Gasteiger partial charge on any atom is -0.508 e. The molecule has 4 aromatic rings. The highest BCUT2D eigenvalue weighted by atomic mass is 16.5. The Morgan fingerprint density at radius 3 is 2.23 bits per heavy atom. The van der Waals surface area contributed by atoms with Crippen molar-refractivity contribution in [3.05, 3.63) is 90.3 Å². The van der Waals surface area contributed by atoms with Crippen molar-refractivity contribution in [1.82, 2.24) is 10.1 Å². The fraction of sp³-hybridized carbons (Fsp3) is 0.0476. The monoisotopic (exact) mass is 344 g/mol. The summed E-state index contributed by atoms with van der Waals surface area (Å²) in [5.74, 6) is 2.82. The Bertz CT molecular complexity index is 978. The van der Waals surface area contributed by atoms with Crippen molar-refractivity contribution in [1.29, 1.82) is 0 Å². The normalized spacial score (nSPS) is 10.6. The quantitative estimate of drug-likeness (QED) is 0.562. The summed E-state index contributed by atoms with van der Waals surface area (Å²) in [5.41, 5.74) is 1.84. The molecule has 1 heterocycles. The van der Waals surface area contributed by atoms with Crippen molar-refractivity contribution in [2.75, 3.05) is 0 Å². The summed E-state index contributed by atoms with van der Waals surface area (Å²) in [6.45, 7) is 0. The van der Waals surface area contributed by atoms with Crippen LogP contribution in [0.1, 0.15) is 11.5 Å². The van der Waals surface area contributed by atoms with E-state index in [4.69, 9.17) is 9.26 Å². The number of ether oxygens (including phenoxy) is 1. The molecule has 26 heavy (non-hydrogen) atoms. The van der Waals surface area contributed by atoms with E-state index in [1.807, 2.05) is 66.7 Å². The lowest BCUT2D eigenvalue weighted by molar-refractivity contribution is 0.385. The van der Waals surface area contributed by atoms with Crippen LogP contribution in [0, 0.1) is 0 Å². The first kappa shape index (κ1) is 15.9. The third-order valence-electron chi connectivity index (χ3n) is 3.85. The maximum atomic E-state index is 9.33. The second-order valence-corrected chi connectivity index (χ2v) is 5.79. The van der Waals surface area contributed by atoms with Crippen LogP contribution in [0.15, 0.2) is 83.4 Å². The van der Waals surface area contributed by atoms with Gasteiger partial charge in [0.1, 0.15) is 17.2 Å². The maximum Gasteiger partial charge on any atom is 0.231 e. The van der Waals surface area contributed by atoms with Gasteiger partial charge in [0.2, 0.25) is 11.7 Å². The van der Waals surface area contributed by atoms with Crippen LogP contribution in [-0.2, 0) is 6.42 Å². The molecule has 0 aliphatic rings. The number of nitrogens with zero attached hydrogens (tertiary/aromatic N) is 2. The van der Waals surface area contributed by atoms with E-state index in [2.05, 4.69) is 10.1 Å². The highest BCUT2D eigenvalue weighted by Gasteiger charge is 2.10. The van der Waals surface area contributed by atoms with Crippen LogP contribution >= 0.6 is 0 Å². The Morgan fingerprint density at radius 2 is 1.50 bits per heavy atom. The average Bonchev–Trinajstić information content (AvgIpc) is 3.14. The van der Waals surface area contributed by atoms with Gasteiger partial charge in [0.25, 0.3) is 0 Å². The van der Waals surface area contributed by atoms with Crippen molar-refractivity contribution >= 4 is 0 Å². The topological polar surface area (TPSA) is 68.4 Å². The number of hydrogen-bond donors (Lipinski definition) is 1. The number of phenolic OH excluding ortho intramolecular Hbond substituents is 1. The van der Waals surface area contributed by atoms with Gasteiger partial charge < -0.3 is 14.4 Å². The number of phenols is 1. The van der Waals surface area contributed by atoms with Gasteiger partial charge in [0.05, 0.1) is 6.42 Å². The summed E-state index contributed by atoms with van der Waals surface area (Å²) in [6.07, 6.45) is 0.516. The van der Waals surface area contributed by atoms with E-state index in [1.165, 1.54) is 0 Å². The van der Waals surface area contributed by atoms with E-state index in [1.54, 1.807) is 12.1 Å². The van der Waals surface area contributed by atoms with E-state index < -0.39 is 0 Å². The molecule has 0 amide bonds. The minimum absolute atomic E-state index is 0.234. The average molecular weight is 344 g/mol. The number of benzene rings is 3. The van der Waals surface area contributed by atoms with Gasteiger partial charge in [-0.2, -0.15) is 4.98 Å². The third-order valence-corrected chi connectivity index (χ3v) is 3.85. The summed E-state index contributed by atoms with van der Waals surface area (Å²) >= 11 is 0. The molecule has 0 saturated heterocycles. The molecule has 0 atom stereocenters. The number of aromatic hydroxyl groups is 1. The predicted octanol–water partition coefficient (Wildman–Crippen LogP) is 4.83. The fourth-order valence-electron chi connectivity index (χ4n) is 2.53. The van der Waals surface area contributed by atoms with E-state index in [-0.39, 0.29) is 5.75 Å². The first-order chi connectivity index (χ1) is 12.8. The first-order valence-electron chi connectivity index (χ1n) is 8.20. The first-order valence-corrected chi connectivity index (χ1v) is 8.20. The maximum absolute atomic E-state index is 9.33. The smallest absolute Gasteiger partial charge is 0.231 e. The standard InChI is InChI=1S/C21H16N2O3/c24-17-10-6-15(7-11-17)14-20-22-21(23-26-20)16-8-12-19(13-9-16)25-18-4-2-1-3-5-18/h1-13,24H,14H2. The molecule has 0 bridgehead atoms. The predicted molar refractivity (Wildman–Crippen MR) is 97.2 cm³/mol. The van der Waals surface area contributed by atoms with Gasteiger partial charge in [-0.05, 0) is 54.1 Å².